The van der Waals surface area contributed by atoms with Gasteiger partial charge in [-0.2, -0.15) is 0 Å². The second-order valence-electron chi connectivity index (χ2n) is 3.70. The van der Waals surface area contributed by atoms with E-state index in [4.69, 9.17) is 4.42 Å². The summed E-state index contributed by atoms with van der Waals surface area (Å²) >= 11 is 0. The fourth-order valence-corrected chi connectivity index (χ4v) is 1.60. The molecular formula is C13H14FNO. The summed E-state index contributed by atoms with van der Waals surface area (Å²) in [6.45, 7) is 2.53. The third-order valence-electron chi connectivity index (χ3n) is 2.53. The quantitative estimate of drug-likeness (QED) is 0.853. The van der Waals surface area contributed by atoms with Gasteiger partial charge in [0.1, 0.15) is 11.6 Å². The van der Waals surface area contributed by atoms with Gasteiger partial charge < -0.3 is 9.73 Å². The van der Waals surface area contributed by atoms with Crippen molar-refractivity contribution in [3.05, 3.63) is 59.8 Å². The third kappa shape index (κ3) is 2.49. The van der Waals surface area contributed by atoms with Crippen LogP contribution in [0, 0.1) is 5.82 Å². The summed E-state index contributed by atoms with van der Waals surface area (Å²) in [5.74, 6) is 0.671. The van der Waals surface area contributed by atoms with Gasteiger partial charge in [0.25, 0.3) is 0 Å². The molecule has 2 rings (SSSR count). The van der Waals surface area contributed by atoms with Gasteiger partial charge in [0.2, 0.25) is 0 Å². The summed E-state index contributed by atoms with van der Waals surface area (Å²) in [5, 5.41) is 3.21. The molecule has 0 aliphatic carbocycles. The van der Waals surface area contributed by atoms with E-state index in [1.54, 1.807) is 18.4 Å². The summed E-state index contributed by atoms with van der Waals surface area (Å²) in [4.78, 5) is 0. The predicted octanol–water partition coefficient (Wildman–Crippen LogP) is 3.27. The van der Waals surface area contributed by atoms with E-state index in [9.17, 15) is 4.39 Å². The second-order valence-corrected chi connectivity index (χ2v) is 3.70. The van der Waals surface area contributed by atoms with Crippen LogP contribution in [0.1, 0.15) is 24.3 Å². The fraction of sp³-hybridized carbons (Fsp3) is 0.231. The van der Waals surface area contributed by atoms with Gasteiger partial charge in [-0.3, -0.25) is 0 Å². The van der Waals surface area contributed by atoms with Gasteiger partial charge >= 0.3 is 0 Å². The molecule has 0 saturated carbocycles. The van der Waals surface area contributed by atoms with Crippen LogP contribution in [0.25, 0.3) is 0 Å². The number of benzene rings is 1. The van der Waals surface area contributed by atoms with Gasteiger partial charge in [0, 0.05) is 11.6 Å². The van der Waals surface area contributed by atoms with Crippen LogP contribution in [0.5, 0.6) is 0 Å². The lowest BCUT2D eigenvalue weighted by atomic mass is 10.1. The SMILES string of the molecule is CC(NCc1ccco1)c1ccccc1F. The first-order valence-electron chi connectivity index (χ1n) is 5.27. The average Bonchev–Trinajstić information content (AvgIpc) is 2.79. The highest BCUT2D eigenvalue weighted by Gasteiger charge is 2.09. The molecule has 2 nitrogen and oxygen atoms in total. The Kier molecular flexibility index (Phi) is 3.37. The highest BCUT2D eigenvalue weighted by atomic mass is 19.1. The van der Waals surface area contributed by atoms with Gasteiger partial charge in [-0.05, 0) is 25.1 Å². The smallest absolute Gasteiger partial charge is 0.127 e. The van der Waals surface area contributed by atoms with Crippen molar-refractivity contribution in [2.24, 2.45) is 0 Å². The summed E-state index contributed by atoms with van der Waals surface area (Å²) in [7, 11) is 0. The minimum absolute atomic E-state index is 0.0358. The first kappa shape index (κ1) is 10.9. The fourth-order valence-electron chi connectivity index (χ4n) is 1.60. The predicted molar refractivity (Wildman–Crippen MR) is 60.4 cm³/mol. The maximum Gasteiger partial charge on any atom is 0.127 e. The minimum Gasteiger partial charge on any atom is -0.468 e. The number of hydrogen-bond acceptors (Lipinski definition) is 2. The summed E-state index contributed by atoms with van der Waals surface area (Å²) in [5.41, 5.74) is 0.675. The molecule has 1 atom stereocenters. The highest BCUT2D eigenvalue weighted by molar-refractivity contribution is 5.20. The Labute approximate surface area is 94.1 Å². The molecule has 3 heteroatoms. The zero-order valence-electron chi connectivity index (χ0n) is 9.11. The van der Waals surface area contributed by atoms with Crippen LogP contribution in [0.2, 0.25) is 0 Å². The molecule has 0 bridgehead atoms. The van der Waals surface area contributed by atoms with Crippen LogP contribution in [0.4, 0.5) is 4.39 Å². The van der Waals surface area contributed by atoms with E-state index in [2.05, 4.69) is 5.32 Å². The molecule has 1 aromatic carbocycles. The Balaban J connectivity index is 1.98. The molecule has 1 unspecified atom stereocenters. The van der Waals surface area contributed by atoms with Crippen LogP contribution < -0.4 is 5.32 Å². The molecule has 0 fully saturated rings. The first-order valence-corrected chi connectivity index (χ1v) is 5.27. The molecule has 1 N–H and O–H groups in total. The summed E-state index contributed by atoms with van der Waals surface area (Å²) < 4.78 is 18.6. The van der Waals surface area contributed by atoms with Crippen molar-refractivity contribution >= 4 is 0 Å². The van der Waals surface area contributed by atoms with Crippen molar-refractivity contribution < 1.29 is 8.81 Å². The molecule has 0 saturated heterocycles. The summed E-state index contributed by atoms with van der Waals surface area (Å²) in [6, 6.07) is 10.5. The lowest BCUT2D eigenvalue weighted by molar-refractivity contribution is 0.453. The van der Waals surface area contributed by atoms with Crippen molar-refractivity contribution in [1.29, 1.82) is 0 Å². The largest absolute Gasteiger partial charge is 0.468 e. The number of furan rings is 1. The van der Waals surface area contributed by atoms with Gasteiger partial charge in [-0.25, -0.2) is 4.39 Å². The number of rotatable bonds is 4. The van der Waals surface area contributed by atoms with Crippen molar-refractivity contribution in [1.82, 2.24) is 5.32 Å². The first-order chi connectivity index (χ1) is 7.77. The number of halogens is 1. The van der Waals surface area contributed by atoms with E-state index < -0.39 is 0 Å². The Bertz CT molecular complexity index is 439. The molecule has 0 aliphatic rings. The maximum absolute atomic E-state index is 13.4. The Morgan fingerprint density at radius 3 is 2.75 bits per heavy atom. The van der Waals surface area contributed by atoms with E-state index in [-0.39, 0.29) is 11.9 Å². The monoisotopic (exact) mass is 219 g/mol. The lowest BCUT2D eigenvalue weighted by Crippen LogP contribution is -2.18. The van der Waals surface area contributed by atoms with Crippen LogP contribution in [0.3, 0.4) is 0 Å². The maximum atomic E-state index is 13.4. The normalized spacial score (nSPS) is 12.6. The van der Waals surface area contributed by atoms with E-state index >= 15 is 0 Å². The molecule has 1 aromatic heterocycles. The van der Waals surface area contributed by atoms with Crippen molar-refractivity contribution in [2.75, 3.05) is 0 Å². The molecule has 0 amide bonds. The molecule has 0 radical (unpaired) electrons. The molecule has 16 heavy (non-hydrogen) atoms. The second kappa shape index (κ2) is 4.94. The van der Waals surface area contributed by atoms with Crippen LogP contribution in [0.15, 0.2) is 47.1 Å². The van der Waals surface area contributed by atoms with Crippen molar-refractivity contribution in [3.8, 4) is 0 Å². The Hall–Kier alpha value is -1.61. The standard InChI is InChI=1S/C13H14FNO/c1-10(12-6-2-3-7-13(12)14)15-9-11-5-4-8-16-11/h2-8,10,15H,9H2,1H3. The van der Waals surface area contributed by atoms with Gasteiger partial charge in [-0.15, -0.1) is 0 Å². The van der Waals surface area contributed by atoms with Gasteiger partial charge in [0.05, 0.1) is 12.8 Å². The Morgan fingerprint density at radius 1 is 1.25 bits per heavy atom. The average molecular weight is 219 g/mol. The van der Waals surface area contributed by atoms with Crippen molar-refractivity contribution in [3.63, 3.8) is 0 Å². The molecule has 0 spiro atoms. The molecule has 84 valence electrons. The highest BCUT2D eigenvalue weighted by Crippen LogP contribution is 2.16. The van der Waals surface area contributed by atoms with Crippen LogP contribution >= 0.6 is 0 Å². The van der Waals surface area contributed by atoms with E-state index in [0.717, 1.165) is 5.76 Å². The zero-order chi connectivity index (χ0) is 11.4. The molecule has 2 aromatic rings. The lowest BCUT2D eigenvalue weighted by Gasteiger charge is -2.13. The van der Waals surface area contributed by atoms with E-state index in [0.29, 0.717) is 12.1 Å². The van der Waals surface area contributed by atoms with Gasteiger partial charge in [0.15, 0.2) is 0 Å². The van der Waals surface area contributed by atoms with E-state index in [1.807, 2.05) is 25.1 Å². The van der Waals surface area contributed by atoms with Crippen LogP contribution in [-0.2, 0) is 6.54 Å². The third-order valence-corrected chi connectivity index (χ3v) is 2.53. The Morgan fingerprint density at radius 2 is 2.06 bits per heavy atom. The van der Waals surface area contributed by atoms with Crippen molar-refractivity contribution in [2.45, 2.75) is 19.5 Å². The topological polar surface area (TPSA) is 25.2 Å². The molecular weight excluding hydrogens is 205 g/mol. The van der Waals surface area contributed by atoms with Crippen LogP contribution in [-0.4, -0.2) is 0 Å². The number of hydrogen-bond donors (Lipinski definition) is 1. The molecule has 0 aliphatic heterocycles. The van der Waals surface area contributed by atoms with E-state index in [1.165, 1.54) is 6.07 Å². The number of nitrogens with one attached hydrogen (secondary N) is 1. The molecule has 1 heterocycles. The van der Waals surface area contributed by atoms with Gasteiger partial charge in [-0.1, -0.05) is 18.2 Å². The minimum atomic E-state index is -0.179. The summed E-state index contributed by atoms with van der Waals surface area (Å²) in [6.07, 6.45) is 1.63. The zero-order valence-corrected chi connectivity index (χ0v) is 9.11.